The quantitative estimate of drug-likeness (QED) is 0.701. The molecule has 8 nitrogen and oxygen atoms in total. The fourth-order valence-corrected chi connectivity index (χ4v) is 4.30. The summed E-state index contributed by atoms with van der Waals surface area (Å²) in [6.45, 7) is 9.08. The Morgan fingerprint density at radius 3 is 2.44 bits per heavy atom. The minimum Gasteiger partial charge on any atom is -0.383 e. The van der Waals surface area contributed by atoms with E-state index in [2.05, 4.69) is 16.2 Å². The Morgan fingerprint density at radius 2 is 1.93 bits per heavy atom. The van der Waals surface area contributed by atoms with Crippen molar-refractivity contribution in [1.29, 1.82) is 0 Å². The molecule has 1 spiro atoms. The second kappa shape index (κ2) is 7.59. The molecule has 2 fully saturated rings. The van der Waals surface area contributed by atoms with Crippen LogP contribution in [0.5, 0.6) is 0 Å². The first-order valence-corrected chi connectivity index (χ1v) is 9.66. The molecule has 1 aromatic heterocycles. The first-order chi connectivity index (χ1) is 12.8. The van der Waals surface area contributed by atoms with E-state index in [4.69, 9.17) is 4.74 Å². The molecule has 0 saturated carbocycles. The maximum absolute atomic E-state index is 13.2. The van der Waals surface area contributed by atoms with Gasteiger partial charge >= 0.3 is 6.03 Å². The van der Waals surface area contributed by atoms with Gasteiger partial charge in [0.25, 0.3) is 5.91 Å². The lowest BCUT2D eigenvalue weighted by Crippen LogP contribution is -2.57. The predicted octanol–water partition coefficient (Wildman–Crippen LogP) is 1.38. The Labute approximate surface area is 161 Å². The van der Waals surface area contributed by atoms with Crippen LogP contribution in [0, 0.1) is 6.92 Å². The molecule has 3 rings (SSSR count). The van der Waals surface area contributed by atoms with Gasteiger partial charge in [0.2, 0.25) is 0 Å². The van der Waals surface area contributed by atoms with Crippen molar-refractivity contribution in [2.45, 2.75) is 51.7 Å². The van der Waals surface area contributed by atoms with E-state index >= 15 is 0 Å². The lowest BCUT2D eigenvalue weighted by molar-refractivity contribution is -0.136. The highest BCUT2D eigenvalue weighted by Crippen LogP contribution is 2.38. The molecule has 27 heavy (non-hydrogen) atoms. The number of nitrogens with zero attached hydrogens (tertiary/aromatic N) is 5. The number of carbonyl (C=O) groups is 2. The lowest BCUT2D eigenvalue weighted by atomic mass is 9.85. The number of methoxy groups -OCH3 is 1. The van der Waals surface area contributed by atoms with Crippen molar-refractivity contribution in [2.24, 2.45) is 7.05 Å². The van der Waals surface area contributed by atoms with Crippen LogP contribution in [0.4, 0.5) is 4.79 Å². The molecule has 0 N–H and O–H groups in total. The van der Waals surface area contributed by atoms with Crippen molar-refractivity contribution in [2.75, 3.05) is 33.4 Å². The highest BCUT2D eigenvalue weighted by molar-refractivity contribution is 6.07. The summed E-state index contributed by atoms with van der Waals surface area (Å²) in [5, 5.41) is 4.41. The van der Waals surface area contributed by atoms with Gasteiger partial charge in [-0.1, -0.05) is 0 Å². The van der Waals surface area contributed by atoms with E-state index in [-0.39, 0.29) is 18.0 Å². The van der Waals surface area contributed by atoms with E-state index in [1.165, 1.54) is 10.5 Å². The highest BCUT2D eigenvalue weighted by Gasteiger charge is 2.58. The molecule has 2 aliphatic rings. The van der Waals surface area contributed by atoms with Crippen molar-refractivity contribution in [1.82, 2.24) is 24.5 Å². The van der Waals surface area contributed by atoms with Gasteiger partial charge in [-0.2, -0.15) is 5.10 Å². The zero-order chi connectivity index (χ0) is 19.8. The molecule has 3 heterocycles. The Hall–Kier alpha value is -1.93. The largest absolute Gasteiger partial charge is 0.383 e. The lowest BCUT2D eigenvalue weighted by Gasteiger charge is -2.42. The number of hydrogen-bond acceptors (Lipinski definition) is 5. The van der Waals surface area contributed by atoms with Gasteiger partial charge in [-0.3, -0.25) is 19.3 Å². The van der Waals surface area contributed by atoms with Crippen LogP contribution in [-0.4, -0.2) is 81.4 Å². The van der Waals surface area contributed by atoms with Crippen LogP contribution in [0.15, 0.2) is 6.20 Å². The Kier molecular flexibility index (Phi) is 5.58. The molecule has 2 aliphatic heterocycles. The van der Waals surface area contributed by atoms with Crippen LogP contribution in [0.25, 0.3) is 0 Å². The molecular weight excluding hydrogens is 346 g/mol. The van der Waals surface area contributed by atoms with E-state index in [0.29, 0.717) is 26.0 Å². The number of hydrogen-bond donors (Lipinski definition) is 0. The van der Waals surface area contributed by atoms with Crippen LogP contribution in [0.3, 0.4) is 0 Å². The first-order valence-electron chi connectivity index (χ1n) is 9.66. The van der Waals surface area contributed by atoms with Crippen LogP contribution < -0.4 is 0 Å². The van der Waals surface area contributed by atoms with Gasteiger partial charge in [0, 0.05) is 58.1 Å². The monoisotopic (exact) mass is 377 g/mol. The summed E-state index contributed by atoms with van der Waals surface area (Å²) in [5.41, 5.74) is 1.53. The molecule has 150 valence electrons. The fraction of sp³-hybridized carbons (Fsp3) is 0.737. The maximum Gasteiger partial charge on any atom is 0.327 e. The van der Waals surface area contributed by atoms with Crippen LogP contribution in [-0.2, 0) is 23.1 Å². The summed E-state index contributed by atoms with van der Waals surface area (Å²) in [6.07, 6.45) is 3.36. The normalized spacial score (nSPS) is 20.5. The molecular formula is C19H31N5O3. The summed E-state index contributed by atoms with van der Waals surface area (Å²) >= 11 is 0. The summed E-state index contributed by atoms with van der Waals surface area (Å²) in [4.78, 5) is 31.7. The second-order valence-electron chi connectivity index (χ2n) is 7.92. The zero-order valence-electron chi connectivity index (χ0n) is 17.1. The molecule has 0 unspecified atom stereocenters. The van der Waals surface area contributed by atoms with Gasteiger partial charge in [-0.15, -0.1) is 0 Å². The Balaban J connectivity index is 1.75. The van der Waals surface area contributed by atoms with Gasteiger partial charge in [0.05, 0.1) is 12.3 Å². The minimum absolute atomic E-state index is 0.0455. The van der Waals surface area contributed by atoms with Crippen LogP contribution >= 0.6 is 0 Å². The van der Waals surface area contributed by atoms with Crippen molar-refractivity contribution in [3.05, 3.63) is 17.5 Å². The van der Waals surface area contributed by atoms with Crippen molar-refractivity contribution in [3.8, 4) is 0 Å². The van der Waals surface area contributed by atoms with E-state index in [1.54, 1.807) is 12.0 Å². The number of aromatic nitrogens is 2. The third-order valence-corrected chi connectivity index (χ3v) is 5.80. The topological polar surface area (TPSA) is 70.9 Å². The Bertz CT molecular complexity index is 706. The summed E-state index contributed by atoms with van der Waals surface area (Å²) < 4.78 is 7.02. The molecule has 0 radical (unpaired) electrons. The molecule has 0 aromatic carbocycles. The highest BCUT2D eigenvalue weighted by atomic mass is 16.5. The fourth-order valence-electron chi connectivity index (χ4n) is 4.30. The van der Waals surface area contributed by atoms with Crippen molar-refractivity contribution < 1.29 is 14.3 Å². The minimum atomic E-state index is -0.722. The molecule has 3 amide bonds. The maximum atomic E-state index is 13.2. The van der Waals surface area contributed by atoms with E-state index < -0.39 is 5.54 Å². The SMILES string of the molecule is COCCN1C(=O)N(C(C)C)C(=O)C12CCN(Cc1cn(C)nc1C)CC2. The van der Waals surface area contributed by atoms with E-state index in [9.17, 15) is 9.59 Å². The predicted molar refractivity (Wildman–Crippen MR) is 101 cm³/mol. The number of amides is 3. The molecule has 0 bridgehead atoms. The smallest absolute Gasteiger partial charge is 0.327 e. The van der Waals surface area contributed by atoms with Crippen LogP contribution in [0.1, 0.15) is 37.9 Å². The molecule has 2 saturated heterocycles. The van der Waals surface area contributed by atoms with Gasteiger partial charge in [0.15, 0.2) is 0 Å². The third kappa shape index (κ3) is 3.48. The zero-order valence-corrected chi connectivity index (χ0v) is 17.1. The van der Waals surface area contributed by atoms with Gasteiger partial charge in [0.1, 0.15) is 5.54 Å². The number of urea groups is 1. The molecule has 8 heteroatoms. The van der Waals surface area contributed by atoms with Gasteiger partial charge in [-0.25, -0.2) is 4.79 Å². The molecule has 1 aromatic rings. The molecule has 0 aliphatic carbocycles. The summed E-state index contributed by atoms with van der Waals surface area (Å²) in [5.74, 6) is -0.0455. The number of aryl methyl sites for hydroxylation is 2. The number of carbonyl (C=O) groups excluding carboxylic acids is 2. The first kappa shape index (κ1) is 19.8. The van der Waals surface area contributed by atoms with Gasteiger partial charge in [-0.05, 0) is 33.6 Å². The average molecular weight is 377 g/mol. The average Bonchev–Trinajstić information content (AvgIpc) is 3.02. The van der Waals surface area contributed by atoms with Crippen molar-refractivity contribution >= 4 is 11.9 Å². The van der Waals surface area contributed by atoms with E-state index in [1.807, 2.05) is 32.5 Å². The second-order valence-corrected chi connectivity index (χ2v) is 7.92. The number of rotatable bonds is 6. The summed E-state index contributed by atoms with van der Waals surface area (Å²) in [6, 6.07) is -0.311. The number of imide groups is 1. The van der Waals surface area contributed by atoms with Crippen LogP contribution in [0.2, 0.25) is 0 Å². The van der Waals surface area contributed by atoms with Crippen molar-refractivity contribution in [3.63, 3.8) is 0 Å². The van der Waals surface area contributed by atoms with E-state index in [0.717, 1.165) is 25.3 Å². The molecule has 0 atom stereocenters. The number of ether oxygens (including phenoxy) is 1. The Morgan fingerprint density at radius 1 is 1.26 bits per heavy atom. The number of likely N-dealkylation sites (tertiary alicyclic amines) is 1. The third-order valence-electron chi connectivity index (χ3n) is 5.80. The summed E-state index contributed by atoms with van der Waals surface area (Å²) in [7, 11) is 3.55. The number of piperidine rings is 1. The van der Waals surface area contributed by atoms with Gasteiger partial charge < -0.3 is 9.64 Å². The standard InChI is InChI=1S/C19H31N5O3/c1-14(2)24-17(25)19(23(18(24)26)10-11-27-5)6-8-22(9-7-19)13-16-12-21(4)20-15(16)3/h12,14H,6-11,13H2,1-5H3.